The quantitative estimate of drug-likeness (QED) is 0.540. The first-order valence-electron chi connectivity index (χ1n) is 9.21. The lowest BCUT2D eigenvalue weighted by atomic mass is 9.81. The maximum atomic E-state index is 5.38. The van der Waals surface area contributed by atoms with Gasteiger partial charge in [0.2, 0.25) is 0 Å². The number of hydrogen-bond donors (Lipinski definition) is 0. The molecule has 1 aliphatic rings. The predicted molar refractivity (Wildman–Crippen MR) is 106 cm³/mol. The molecule has 0 radical (unpaired) electrons. The monoisotopic (exact) mass is 337 g/mol. The first kappa shape index (κ1) is 17.3. The molecule has 3 rings (SSSR count). The summed E-state index contributed by atoms with van der Waals surface area (Å²) >= 11 is 1.83. The first-order valence-corrected chi connectivity index (χ1v) is 10.0. The second-order valence-electron chi connectivity index (χ2n) is 6.62. The molecule has 0 N–H and O–H groups in total. The van der Waals surface area contributed by atoms with Crippen LogP contribution in [-0.4, -0.2) is 5.04 Å². The zero-order chi connectivity index (χ0) is 16.8. The van der Waals surface area contributed by atoms with Crippen LogP contribution in [0.4, 0.5) is 0 Å². The summed E-state index contributed by atoms with van der Waals surface area (Å²) < 4.78 is 0. The molecule has 24 heavy (non-hydrogen) atoms. The molecule has 0 aromatic heterocycles. The highest BCUT2D eigenvalue weighted by atomic mass is 32.2. The van der Waals surface area contributed by atoms with Gasteiger partial charge in [0.1, 0.15) is 5.04 Å². The largest absolute Gasteiger partial charge is 0.266 e. The summed E-state index contributed by atoms with van der Waals surface area (Å²) in [6.45, 7) is 4.55. The van der Waals surface area contributed by atoms with Gasteiger partial charge in [-0.2, -0.15) is 0 Å². The Morgan fingerprint density at radius 2 is 1.46 bits per heavy atom. The summed E-state index contributed by atoms with van der Waals surface area (Å²) in [7, 11) is 0. The van der Waals surface area contributed by atoms with Crippen molar-refractivity contribution < 1.29 is 0 Å². The fourth-order valence-corrected chi connectivity index (χ4v) is 4.67. The highest BCUT2D eigenvalue weighted by Crippen LogP contribution is 2.47. The van der Waals surface area contributed by atoms with E-state index in [0.29, 0.717) is 0 Å². The zero-order valence-corrected chi connectivity index (χ0v) is 15.6. The molecule has 0 unspecified atom stereocenters. The average molecular weight is 338 g/mol. The molecule has 126 valence electrons. The van der Waals surface area contributed by atoms with E-state index in [-0.39, 0.29) is 5.54 Å². The van der Waals surface area contributed by atoms with Crippen LogP contribution in [0.5, 0.6) is 0 Å². The number of thioether (sulfide) groups is 1. The number of nitrogens with zero attached hydrogens (tertiary/aromatic N) is 1. The molecular weight excluding hydrogens is 310 g/mol. The number of aliphatic imine (C=N–C) groups is 1. The van der Waals surface area contributed by atoms with Gasteiger partial charge >= 0.3 is 0 Å². The van der Waals surface area contributed by atoms with Gasteiger partial charge in [0.15, 0.2) is 0 Å². The van der Waals surface area contributed by atoms with E-state index in [4.69, 9.17) is 4.99 Å². The normalized spacial score (nSPS) is 15.7. The van der Waals surface area contributed by atoms with Crippen LogP contribution < -0.4 is 0 Å². The Labute approximate surface area is 150 Å². The summed E-state index contributed by atoms with van der Waals surface area (Å²) in [5.41, 5.74) is 2.64. The molecule has 1 aliphatic heterocycles. The van der Waals surface area contributed by atoms with Crippen LogP contribution in [-0.2, 0) is 5.54 Å². The smallest absolute Gasteiger partial charge is 0.104 e. The standard InChI is InChI=1S/C22H27NS/c1-3-5-16-22(17-6-4-2)19-14-10-11-15-20(19)24-21(23-22)18-12-8-7-9-13-18/h7-15H,3-6,16-17H2,1-2H3. The Bertz CT molecular complexity index is 682. The lowest BCUT2D eigenvalue weighted by Crippen LogP contribution is -2.29. The third-order valence-corrected chi connectivity index (χ3v) is 5.92. The molecule has 0 saturated carbocycles. The third-order valence-electron chi connectivity index (χ3n) is 4.82. The number of unbranched alkanes of at least 4 members (excludes halogenated alkanes) is 2. The van der Waals surface area contributed by atoms with Crippen LogP contribution >= 0.6 is 11.8 Å². The molecule has 0 saturated heterocycles. The van der Waals surface area contributed by atoms with Crippen molar-refractivity contribution in [3.63, 3.8) is 0 Å². The average Bonchev–Trinajstić information content (AvgIpc) is 2.65. The molecule has 1 heterocycles. The fraction of sp³-hybridized carbons (Fsp3) is 0.409. The van der Waals surface area contributed by atoms with Crippen molar-refractivity contribution in [2.24, 2.45) is 4.99 Å². The lowest BCUT2D eigenvalue weighted by Gasteiger charge is -2.36. The minimum absolute atomic E-state index is 0.0426. The van der Waals surface area contributed by atoms with Gasteiger partial charge in [-0.3, -0.25) is 4.99 Å². The van der Waals surface area contributed by atoms with Crippen LogP contribution in [0, 0.1) is 0 Å². The van der Waals surface area contributed by atoms with Gasteiger partial charge in [0.05, 0.1) is 5.54 Å². The van der Waals surface area contributed by atoms with Gasteiger partial charge in [-0.05, 0) is 24.5 Å². The Kier molecular flexibility index (Phi) is 5.78. The summed E-state index contributed by atoms with van der Waals surface area (Å²) in [5, 5.41) is 1.18. The van der Waals surface area contributed by atoms with Gasteiger partial charge < -0.3 is 0 Å². The third kappa shape index (κ3) is 3.59. The molecule has 0 atom stereocenters. The Morgan fingerprint density at radius 3 is 2.12 bits per heavy atom. The molecule has 0 bridgehead atoms. The molecule has 0 fully saturated rings. The Hall–Kier alpha value is -1.54. The van der Waals surface area contributed by atoms with Gasteiger partial charge in [-0.15, -0.1) is 0 Å². The topological polar surface area (TPSA) is 12.4 Å². The predicted octanol–water partition coefficient (Wildman–Crippen LogP) is 6.81. The number of rotatable bonds is 7. The highest BCUT2D eigenvalue weighted by Gasteiger charge is 2.36. The van der Waals surface area contributed by atoms with E-state index < -0.39 is 0 Å². The minimum Gasteiger partial charge on any atom is -0.266 e. The second kappa shape index (κ2) is 8.02. The van der Waals surface area contributed by atoms with E-state index in [1.54, 1.807) is 0 Å². The molecule has 0 aliphatic carbocycles. The molecule has 2 aromatic rings. The van der Waals surface area contributed by atoms with Crippen LogP contribution in [0.2, 0.25) is 0 Å². The molecule has 2 aromatic carbocycles. The van der Waals surface area contributed by atoms with Gasteiger partial charge in [-0.1, -0.05) is 99.8 Å². The van der Waals surface area contributed by atoms with Crippen molar-refractivity contribution in [3.8, 4) is 0 Å². The van der Waals surface area contributed by atoms with Crippen molar-refractivity contribution in [2.75, 3.05) is 0 Å². The Morgan fingerprint density at radius 1 is 0.833 bits per heavy atom. The highest BCUT2D eigenvalue weighted by molar-refractivity contribution is 8.14. The SMILES string of the molecule is CCCCC1(CCCC)N=C(c2ccccc2)Sc2ccccc21. The fourth-order valence-electron chi connectivity index (χ4n) is 3.47. The summed E-state index contributed by atoms with van der Waals surface area (Å²) in [6.07, 6.45) is 7.20. The van der Waals surface area contributed by atoms with Gasteiger partial charge in [0.25, 0.3) is 0 Å². The van der Waals surface area contributed by atoms with Crippen molar-refractivity contribution in [1.82, 2.24) is 0 Å². The molecule has 2 heteroatoms. The minimum atomic E-state index is -0.0426. The Balaban J connectivity index is 2.08. The van der Waals surface area contributed by atoms with Crippen molar-refractivity contribution in [1.29, 1.82) is 0 Å². The zero-order valence-electron chi connectivity index (χ0n) is 14.8. The van der Waals surface area contributed by atoms with Crippen molar-refractivity contribution >= 4 is 16.8 Å². The van der Waals surface area contributed by atoms with Gasteiger partial charge in [-0.25, -0.2) is 0 Å². The number of hydrogen-bond acceptors (Lipinski definition) is 2. The van der Waals surface area contributed by atoms with E-state index in [1.807, 2.05) is 11.8 Å². The van der Waals surface area contributed by atoms with E-state index in [1.165, 1.54) is 46.7 Å². The molecule has 1 nitrogen and oxygen atoms in total. The van der Waals surface area contributed by atoms with E-state index >= 15 is 0 Å². The van der Waals surface area contributed by atoms with E-state index in [9.17, 15) is 0 Å². The first-order chi connectivity index (χ1) is 11.8. The van der Waals surface area contributed by atoms with Gasteiger partial charge in [0, 0.05) is 10.5 Å². The number of fused-ring (bicyclic) bond motifs is 1. The van der Waals surface area contributed by atoms with Crippen LogP contribution in [0.1, 0.15) is 63.5 Å². The van der Waals surface area contributed by atoms with Crippen LogP contribution in [0.3, 0.4) is 0 Å². The summed E-state index contributed by atoms with van der Waals surface area (Å²) in [4.78, 5) is 6.77. The molecular formula is C22H27NS. The summed E-state index contributed by atoms with van der Waals surface area (Å²) in [5.74, 6) is 0. The molecule has 0 amide bonds. The maximum absolute atomic E-state index is 5.38. The summed E-state index contributed by atoms with van der Waals surface area (Å²) in [6, 6.07) is 19.6. The molecule has 0 spiro atoms. The second-order valence-corrected chi connectivity index (χ2v) is 7.65. The van der Waals surface area contributed by atoms with E-state index in [2.05, 4.69) is 68.4 Å². The van der Waals surface area contributed by atoms with E-state index in [0.717, 1.165) is 12.8 Å². The lowest BCUT2D eigenvalue weighted by molar-refractivity contribution is 0.351. The van der Waals surface area contributed by atoms with Crippen LogP contribution in [0.15, 0.2) is 64.5 Å². The van der Waals surface area contributed by atoms with Crippen LogP contribution in [0.25, 0.3) is 0 Å². The number of benzene rings is 2. The maximum Gasteiger partial charge on any atom is 0.104 e. The van der Waals surface area contributed by atoms with Crippen molar-refractivity contribution in [2.45, 2.75) is 62.8 Å². The van der Waals surface area contributed by atoms with Crippen molar-refractivity contribution in [3.05, 3.63) is 65.7 Å².